The van der Waals surface area contributed by atoms with Gasteiger partial charge in [0.1, 0.15) is 5.70 Å². The second-order valence-electron chi connectivity index (χ2n) is 5.23. The van der Waals surface area contributed by atoms with E-state index in [1.807, 2.05) is 24.4 Å². The molecule has 5 nitrogen and oxygen atoms in total. The standard InChI is InChI=1S/C16H17N3O2/c1-3-10(2)19-9-11(12-6-4-5-7-14(12)19)8-13-15(20)18-16(21)17-13/h4-10H,3H2,1-2H3,(H2,17,18,20,21)/b13-8+/t10-/m0/s1. The van der Waals surface area contributed by atoms with Crippen molar-refractivity contribution in [1.82, 2.24) is 15.2 Å². The number of imide groups is 1. The molecule has 0 unspecified atom stereocenters. The third-order valence-corrected chi connectivity index (χ3v) is 3.86. The number of rotatable bonds is 3. The number of hydrogen-bond acceptors (Lipinski definition) is 2. The zero-order valence-electron chi connectivity index (χ0n) is 12.0. The molecule has 2 N–H and O–H groups in total. The molecule has 3 amide bonds. The minimum Gasteiger partial charge on any atom is -0.344 e. The molecule has 21 heavy (non-hydrogen) atoms. The molecular weight excluding hydrogens is 266 g/mol. The fourth-order valence-electron chi connectivity index (χ4n) is 2.55. The summed E-state index contributed by atoms with van der Waals surface area (Å²) in [7, 11) is 0. The quantitative estimate of drug-likeness (QED) is 0.672. The first-order valence-corrected chi connectivity index (χ1v) is 7.03. The molecule has 1 aromatic carbocycles. The van der Waals surface area contributed by atoms with Crippen LogP contribution in [0.15, 0.2) is 36.2 Å². The second kappa shape index (κ2) is 5.09. The van der Waals surface area contributed by atoms with Crippen LogP contribution in [0.2, 0.25) is 0 Å². The number of nitrogens with one attached hydrogen (secondary N) is 2. The first kappa shape index (κ1) is 13.4. The van der Waals surface area contributed by atoms with Crippen molar-refractivity contribution in [3.05, 3.63) is 41.7 Å². The smallest absolute Gasteiger partial charge is 0.326 e. The molecule has 5 heteroatoms. The average molecular weight is 283 g/mol. The van der Waals surface area contributed by atoms with Crippen LogP contribution in [-0.4, -0.2) is 16.5 Å². The molecule has 3 rings (SSSR count). The summed E-state index contributed by atoms with van der Waals surface area (Å²) in [4.78, 5) is 22.8. The largest absolute Gasteiger partial charge is 0.344 e. The van der Waals surface area contributed by atoms with Crippen LogP contribution < -0.4 is 10.6 Å². The molecule has 1 saturated heterocycles. The zero-order valence-corrected chi connectivity index (χ0v) is 12.0. The van der Waals surface area contributed by atoms with E-state index in [-0.39, 0.29) is 11.6 Å². The van der Waals surface area contributed by atoms with E-state index < -0.39 is 6.03 Å². The Morgan fingerprint density at radius 3 is 2.67 bits per heavy atom. The third-order valence-electron chi connectivity index (χ3n) is 3.86. The number of carbonyl (C=O) groups is 2. The van der Waals surface area contributed by atoms with E-state index in [0.717, 1.165) is 22.9 Å². The van der Waals surface area contributed by atoms with E-state index >= 15 is 0 Å². The fourth-order valence-corrected chi connectivity index (χ4v) is 2.55. The number of para-hydroxylation sites is 1. The molecule has 1 aromatic heterocycles. The van der Waals surface area contributed by atoms with Crippen LogP contribution in [0.4, 0.5) is 4.79 Å². The molecule has 2 aromatic rings. The van der Waals surface area contributed by atoms with Gasteiger partial charge < -0.3 is 9.88 Å². The van der Waals surface area contributed by atoms with Crippen molar-refractivity contribution in [2.24, 2.45) is 0 Å². The molecule has 0 aliphatic carbocycles. The van der Waals surface area contributed by atoms with Crippen LogP contribution in [-0.2, 0) is 4.79 Å². The van der Waals surface area contributed by atoms with Crippen molar-refractivity contribution >= 4 is 28.9 Å². The van der Waals surface area contributed by atoms with Crippen molar-refractivity contribution in [3.8, 4) is 0 Å². The Morgan fingerprint density at radius 2 is 2.00 bits per heavy atom. The lowest BCUT2D eigenvalue weighted by atomic mass is 10.1. The monoisotopic (exact) mass is 283 g/mol. The average Bonchev–Trinajstić information content (AvgIpc) is 2.99. The van der Waals surface area contributed by atoms with Gasteiger partial charge in [-0.1, -0.05) is 25.1 Å². The van der Waals surface area contributed by atoms with Crippen molar-refractivity contribution < 1.29 is 9.59 Å². The summed E-state index contributed by atoms with van der Waals surface area (Å²) in [5, 5.41) is 5.80. The predicted octanol–water partition coefficient (Wildman–Crippen LogP) is 2.79. The summed E-state index contributed by atoms with van der Waals surface area (Å²) >= 11 is 0. The van der Waals surface area contributed by atoms with Gasteiger partial charge in [-0.2, -0.15) is 0 Å². The van der Waals surface area contributed by atoms with Crippen molar-refractivity contribution in [1.29, 1.82) is 0 Å². The van der Waals surface area contributed by atoms with Gasteiger partial charge in [0.2, 0.25) is 0 Å². The van der Waals surface area contributed by atoms with Gasteiger partial charge in [-0.3, -0.25) is 10.1 Å². The van der Waals surface area contributed by atoms with Gasteiger partial charge in [0.25, 0.3) is 5.91 Å². The Bertz CT molecular complexity index is 758. The van der Waals surface area contributed by atoms with E-state index in [1.54, 1.807) is 6.08 Å². The van der Waals surface area contributed by atoms with E-state index in [1.165, 1.54) is 0 Å². The first-order chi connectivity index (χ1) is 10.1. The fraction of sp³-hybridized carbons (Fsp3) is 0.250. The van der Waals surface area contributed by atoms with Crippen molar-refractivity contribution in [2.75, 3.05) is 0 Å². The van der Waals surface area contributed by atoms with Crippen LogP contribution in [0.3, 0.4) is 0 Å². The maximum absolute atomic E-state index is 11.7. The van der Waals surface area contributed by atoms with Gasteiger partial charge in [0.05, 0.1) is 0 Å². The zero-order chi connectivity index (χ0) is 15.0. The number of hydrogen-bond donors (Lipinski definition) is 2. The molecule has 0 bridgehead atoms. The highest BCUT2D eigenvalue weighted by molar-refractivity contribution is 6.14. The highest BCUT2D eigenvalue weighted by Crippen LogP contribution is 2.27. The number of carbonyl (C=O) groups excluding carboxylic acids is 2. The lowest BCUT2D eigenvalue weighted by Crippen LogP contribution is -2.22. The maximum Gasteiger partial charge on any atom is 0.326 e. The maximum atomic E-state index is 11.7. The predicted molar refractivity (Wildman–Crippen MR) is 81.6 cm³/mol. The lowest BCUT2D eigenvalue weighted by Gasteiger charge is -2.12. The minimum atomic E-state index is -0.475. The first-order valence-electron chi connectivity index (χ1n) is 7.03. The van der Waals surface area contributed by atoms with Gasteiger partial charge >= 0.3 is 6.03 Å². The van der Waals surface area contributed by atoms with E-state index in [2.05, 4.69) is 35.1 Å². The molecule has 1 atom stereocenters. The van der Waals surface area contributed by atoms with E-state index in [9.17, 15) is 9.59 Å². The highest BCUT2D eigenvalue weighted by Gasteiger charge is 2.23. The van der Waals surface area contributed by atoms with Crippen LogP contribution in [0, 0.1) is 0 Å². The highest BCUT2D eigenvalue weighted by atomic mass is 16.2. The molecule has 1 aliphatic rings. The normalized spacial score (nSPS) is 18.1. The summed E-state index contributed by atoms with van der Waals surface area (Å²) in [6.45, 7) is 4.30. The molecule has 0 saturated carbocycles. The summed E-state index contributed by atoms with van der Waals surface area (Å²) in [5.74, 6) is -0.389. The van der Waals surface area contributed by atoms with Crippen LogP contribution >= 0.6 is 0 Å². The molecule has 2 heterocycles. The van der Waals surface area contributed by atoms with Crippen LogP contribution in [0.1, 0.15) is 31.9 Å². The Balaban J connectivity index is 2.13. The molecular formula is C16H17N3O2. The molecule has 0 spiro atoms. The summed E-state index contributed by atoms with van der Waals surface area (Å²) in [6.07, 6.45) is 4.77. The Hall–Kier alpha value is -2.56. The minimum absolute atomic E-state index is 0.284. The molecule has 108 valence electrons. The molecule has 0 radical (unpaired) electrons. The Kier molecular flexibility index (Phi) is 3.25. The topological polar surface area (TPSA) is 63.1 Å². The van der Waals surface area contributed by atoms with Gasteiger partial charge in [-0.05, 0) is 25.5 Å². The number of urea groups is 1. The van der Waals surface area contributed by atoms with Gasteiger partial charge in [0, 0.05) is 28.7 Å². The number of aromatic nitrogens is 1. The number of nitrogens with zero attached hydrogens (tertiary/aromatic N) is 1. The lowest BCUT2D eigenvalue weighted by molar-refractivity contribution is -0.115. The summed E-state index contributed by atoms with van der Waals surface area (Å²) in [5.41, 5.74) is 2.34. The third kappa shape index (κ3) is 2.31. The van der Waals surface area contributed by atoms with Crippen molar-refractivity contribution in [2.45, 2.75) is 26.3 Å². The number of benzene rings is 1. The number of fused-ring (bicyclic) bond motifs is 1. The van der Waals surface area contributed by atoms with Crippen molar-refractivity contribution in [3.63, 3.8) is 0 Å². The SMILES string of the molecule is CC[C@H](C)n1cc(/C=C2/NC(=O)NC2=O)c2ccccc21. The molecule has 1 aliphatic heterocycles. The van der Waals surface area contributed by atoms with E-state index in [0.29, 0.717) is 6.04 Å². The van der Waals surface area contributed by atoms with Crippen LogP contribution in [0.25, 0.3) is 17.0 Å². The second-order valence-corrected chi connectivity index (χ2v) is 5.23. The Morgan fingerprint density at radius 1 is 1.24 bits per heavy atom. The summed E-state index contributed by atoms with van der Waals surface area (Å²) in [6, 6.07) is 7.96. The van der Waals surface area contributed by atoms with Gasteiger partial charge in [-0.15, -0.1) is 0 Å². The molecule has 1 fully saturated rings. The summed E-state index contributed by atoms with van der Waals surface area (Å²) < 4.78 is 2.20. The Labute approximate surface area is 122 Å². The van der Waals surface area contributed by atoms with E-state index in [4.69, 9.17) is 0 Å². The van der Waals surface area contributed by atoms with Gasteiger partial charge in [0.15, 0.2) is 0 Å². The van der Waals surface area contributed by atoms with Crippen LogP contribution in [0.5, 0.6) is 0 Å². The van der Waals surface area contributed by atoms with Gasteiger partial charge in [-0.25, -0.2) is 4.79 Å². The number of amides is 3.